The number of hydrogen-bond donors (Lipinski definition) is 3. The number of imidazole rings is 1. The largest absolute Gasteiger partial charge is 0.480 e. The van der Waals surface area contributed by atoms with Gasteiger partial charge in [0.2, 0.25) is 6.79 Å². The molecule has 1 aliphatic heterocycles. The second-order valence-electron chi connectivity index (χ2n) is 7.48. The van der Waals surface area contributed by atoms with Gasteiger partial charge in [0.25, 0.3) is 0 Å². The van der Waals surface area contributed by atoms with E-state index < -0.39 is 24.0 Å². The molecule has 2 atom stereocenters. The van der Waals surface area contributed by atoms with Crippen LogP contribution in [0.2, 0.25) is 0 Å². The number of rotatable bonds is 10. The van der Waals surface area contributed by atoms with Crippen LogP contribution in [0.4, 0.5) is 0 Å². The number of hydrogen-bond acceptors (Lipinski definition) is 6. The number of carbonyl (C=O) groups is 2. The van der Waals surface area contributed by atoms with Crippen molar-refractivity contribution in [3.05, 3.63) is 42.0 Å². The number of benzene rings is 1. The first-order valence-electron chi connectivity index (χ1n) is 9.42. The molecule has 2 heterocycles. The molecular weight excluding hydrogens is 378 g/mol. The molecule has 0 amide bonds. The molecule has 2 aromatic rings. The van der Waals surface area contributed by atoms with Gasteiger partial charge in [-0.3, -0.25) is 14.9 Å². The third kappa shape index (κ3) is 5.26. The Hall–Kier alpha value is -3.07. The summed E-state index contributed by atoms with van der Waals surface area (Å²) in [4.78, 5) is 27.4. The number of carboxylic acid groups (broad SMARTS) is 2. The number of aromatic nitrogens is 2. The van der Waals surface area contributed by atoms with Gasteiger partial charge in [-0.15, -0.1) is 0 Å². The molecule has 9 nitrogen and oxygen atoms in total. The minimum absolute atomic E-state index is 0.113. The van der Waals surface area contributed by atoms with E-state index in [4.69, 9.17) is 9.47 Å². The lowest BCUT2D eigenvalue weighted by atomic mass is 10.0. The van der Waals surface area contributed by atoms with Crippen LogP contribution in [0.15, 0.2) is 30.7 Å². The average Bonchev–Trinajstić information content (AvgIpc) is 3.28. The van der Waals surface area contributed by atoms with Gasteiger partial charge >= 0.3 is 11.9 Å². The van der Waals surface area contributed by atoms with Crippen LogP contribution in [0.3, 0.4) is 0 Å². The highest BCUT2D eigenvalue weighted by atomic mass is 16.7. The summed E-state index contributed by atoms with van der Waals surface area (Å²) in [6.45, 7) is 4.47. The fourth-order valence-electron chi connectivity index (χ4n) is 3.28. The Bertz CT molecular complexity index is 879. The average molecular weight is 403 g/mol. The van der Waals surface area contributed by atoms with Gasteiger partial charge in [-0.05, 0) is 30.0 Å². The molecule has 0 bridgehead atoms. The first-order chi connectivity index (χ1) is 13.8. The number of ether oxygens (including phenoxy) is 2. The Kier molecular flexibility index (Phi) is 6.38. The van der Waals surface area contributed by atoms with Crippen molar-refractivity contribution >= 4 is 11.9 Å². The van der Waals surface area contributed by atoms with Crippen molar-refractivity contribution in [1.82, 2.24) is 14.9 Å². The molecule has 9 heteroatoms. The molecule has 2 unspecified atom stereocenters. The van der Waals surface area contributed by atoms with Crippen LogP contribution in [0, 0.1) is 5.92 Å². The van der Waals surface area contributed by atoms with Gasteiger partial charge in [-0.1, -0.05) is 19.9 Å². The van der Waals surface area contributed by atoms with Crippen LogP contribution in [0.25, 0.3) is 0 Å². The van der Waals surface area contributed by atoms with Gasteiger partial charge in [0.1, 0.15) is 12.1 Å². The van der Waals surface area contributed by atoms with Crippen LogP contribution in [-0.2, 0) is 22.6 Å². The molecule has 1 aliphatic rings. The summed E-state index contributed by atoms with van der Waals surface area (Å²) in [6, 6.07) is 3.65. The second kappa shape index (κ2) is 8.95. The molecule has 0 spiro atoms. The molecule has 3 N–H and O–H groups in total. The zero-order valence-corrected chi connectivity index (χ0v) is 16.4. The van der Waals surface area contributed by atoms with Gasteiger partial charge in [0.15, 0.2) is 11.5 Å². The second-order valence-corrected chi connectivity index (χ2v) is 7.48. The summed E-state index contributed by atoms with van der Waals surface area (Å²) >= 11 is 0. The van der Waals surface area contributed by atoms with Crippen LogP contribution in [0.5, 0.6) is 11.5 Å². The molecule has 1 aromatic heterocycles. The smallest absolute Gasteiger partial charge is 0.321 e. The van der Waals surface area contributed by atoms with Crippen molar-refractivity contribution in [1.29, 1.82) is 0 Å². The first kappa shape index (κ1) is 20.7. The van der Waals surface area contributed by atoms with E-state index in [2.05, 4.69) is 10.3 Å². The highest BCUT2D eigenvalue weighted by molar-refractivity contribution is 5.77. The summed E-state index contributed by atoms with van der Waals surface area (Å²) < 4.78 is 12.5. The summed E-state index contributed by atoms with van der Waals surface area (Å²) in [5.41, 5.74) is 1.65. The molecule has 1 aromatic carbocycles. The Morgan fingerprint density at radius 1 is 1.17 bits per heavy atom. The van der Waals surface area contributed by atoms with Crippen LogP contribution in [-0.4, -0.2) is 50.6 Å². The molecule has 0 aliphatic carbocycles. The Labute approximate surface area is 168 Å². The third-order valence-electron chi connectivity index (χ3n) is 4.71. The Morgan fingerprint density at radius 3 is 2.59 bits per heavy atom. The van der Waals surface area contributed by atoms with E-state index in [1.807, 2.05) is 36.6 Å². The van der Waals surface area contributed by atoms with Crippen molar-refractivity contribution in [2.24, 2.45) is 5.92 Å². The minimum atomic E-state index is -1.10. The summed E-state index contributed by atoms with van der Waals surface area (Å²) in [6.07, 6.45) is 3.68. The quantitative estimate of drug-likeness (QED) is 0.548. The number of nitrogens with zero attached hydrogens (tertiary/aromatic N) is 2. The van der Waals surface area contributed by atoms with Gasteiger partial charge in [-0.2, -0.15) is 0 Å². The van der Waals surface area contributed by atoms with Crippen LogP contribution >= 0.6 is 0 Å². The fraction of sp³-hybridized carbons (Fsp3) is 0.450. The zero-order chi connectivity index (χ0) is 21.0. The van der Waals surface area contributed by atoms with Gasteiger partial charge < -0.3 is 24.3 Å². The Morgan fingerprint density at radius 2 is 1.90 bits per heavy atom. The number of carboxylic acids is 2. The third-order valence-corrected chi connectivity index (χ3v) is 4.71. The molecule has 0 fully saturated rings. The van der Waals surface area contributed by atoms with E-state index >= 15 is 0 Å². The number of aliphatic carboxylic acids is 2. The number of nitrogens with one attached hydrogen (secondary N) is 1. The van der Waals surface area contributed by atoms with E-state index in [-0.39, 0.29) is 19.1 Å². The van der Waals surface area contributed by atoms with Crippen molar-refractivity contribution in [3.63, 3.8) is 0 Å². The SMILES string of the molecule is CC(C)CC(NC(Cc1cncn1Cc1ccc2c(c1)OCO2)C(=O)O)C(=O)O. The van der Waals surface area contributed by atoms with Gasteiger partial charge in [0, 0.05) is 24.9 Å². The molecule has 0 saturated heterocycles. The molecule has 0 radical (unpaired) electrons. The molecular formula is C20H25N3O6. The van der Waals surface area contributed by atoms with E-state index in [9.17, 15) is 19.8 Å². The summed E-state index contributed by atoms with van der Waals surface area (Å²) in [5, 5.41) is 21.8. The molecule has 156 valence electrons. The molecule has 0 saturated carbocycles. The maximum atomic E-state index is 11.8. The first-order valence-corrected chi connectivity index (χ1v) is 9.42. The predicted molar refractivity (Wildman–Crippen MR) is 103 cm³/mol. The van der Waals surface area contributed by atoms with E-state index in [1.54, 1.807) is 12.5 Å². The normalized spacial score (nSPS) is 14.7. The lowest BCUT2D eigenvalue weighted by Gasteiger charge is -2.22. The summed E-state index contributed by atoms with van der Waals surface area (Å²) in [7, 11) is 0. The van der Waals surface area contributed by atoms with E-state index in [0.717, 1.165) is 5.56 Å². The zero-order valence-electron chi connectivity index (χ0n) is 16.4. The maximum Gasteiger partial charge on any atom is 0.321 e. The van der Waals surface area contributed by atoms with Gasteiger partial charge in [-0.25, -0.2) is 4.98 Å². The van der Waals surface area contributed by atoms with Crippen LogP contribution < -0.4 is 14.8 Å². The highest BCUT2D eigenvalue weighted by Gasteiger charge is 2.27. The lowest BCUT2D eigenvalue weighted by Crippen LogP contribution is -2.49. The van der Waals surface area contributed by atoms with Crippen molar-refractivity contribution in [2.75, 3.05) is 6.79 Å². The van der Waals surface area contributed by atoms with Gasteiger partial charge in [0.05, 0.1) is 6.33 Å². The summed E-state index contributed by atoms with van der Waals surface area (Å²) in [5.74, 6) is -0.670. The number of fused-ring (bicyclic) bond motifs is 1. The van der Waals surface area contributed by atoms with E-state index in [0.29, 0.717) is 30.2 Å². The molecule has 29 heavy (non-hydrogen) atoms. The predicted octanol–water partition coefficient (Wildman–Crippen LogP) is 1.74. The van der Waals surface area contributed by atoms with Crippen LogP contribution in [0.1, 0.15) is 31.5 Å². The fourth-order valence-corrected chi connectivity index (χ4v) is 3.28. The molecule has 3 rings (SSSR count). The highest BCUT2D eigenvalue weighted by Crippen LogP contribution is 2.32. The lowest BCUT2D eigenvalue weighted by molar-refractivity contribution is -0.142. The monoisotopic (exact) mass is 403 g/mol. The van der Waals surface area contributed by atoms with Crippen molar-refractivity contribution in [2.45, 2.75) is 45.3 Å². The Balaban J connectivity index is 1.72. The van der Waals surface area contributed by atoms with Crippen molar-refractivity contribution < 1.29 is 29.3 Å². The standard InChI is InChI=1S/C20H25N3O6/c1-12(2)5-15(19(24)25)22-16(20(26)27)7-14-8-21-10-23(14)9-13-3-4-17-18(6-13)29-11-28-17/h3-4,6,8,10,12,15-16,22H,5,7,9,11H2,1-2H3,(H,24,25)(H,26,27). The maximum absolute atomic E-state index is 11.8. The van der Waals surface area contributed by atoms with E-state index in [1.165, 1.54) is 0 Å². The topological polar surface area (TPSA) is 123 Å². The minimum Gasteiger partial charge on any atom is -0.480 e. The van der Waals surface area contributed by atoms with Crippen molar-refractivity contribution in [3.8, 4) is 11.5 Å².